The lowest BCUT2D eigenvalue weighted by molar-refractivity contribution is 0.210. The number of hydrogen-bond acceptors (Lipinski definition) is 21. The van der Waals surface area contributed by atoms with Gasteiger partial charge in [0.2, 0.25) is 15.5 Å². The highest BCUT2D eigenvalue weighted by molar-refractivity contribution is 9.11. The van der Waals surface area contributed by atoms with Gasteiger partial charge in [0.1, 0.15) is 45.7 Å². The number of amides is 3. The maximum Gasteiger partial charge on any atom is 0.339 e. The van der Waals surface area contributed by atoms with Crippen molar-refractivity contribution in [1.82, 2.24) is 72.0 Å². The van der Waals surface area contributed by atoms with Crippen LogP contribution in [0.4, 0.5) is 31.8 Å². The molecule has 3 amide bonds. The normalized spacial score (nSPS) is 13.3. The molecule has 93 heavy (non-hydrogen) atoms. The number of imidazole rings is 3. The summed E-state index contributed by atoms with van der Waals surface area (Å²) in [6.45, 7) is 12.2. The van der Waals surface area contributed by atoms with E-state index >= 15 is 0 Å². The van der Waals surface area contributed by atoms with Crippen LogP contribution in [0.15, 0.2) is 116 Å². The molecule has 3 aromatic carbocycles. The molecule has 0 aliphatic rings. The predicted octanol–water partition coefficient (Wildman–Crippen LogP) is 8.16. The highest BCUT2D eigenvalue weighted by Gasteiger charge is 2.31. The maximum atomic E-state index is 13.3. The van der Waals surface area contributed by atoms with Crippen LogP contribution in [-0.2, 0) is 48.8 Å². The van der Waals surface area contributed by atoms with Gasteiger partial charge in [-0.05, 0) is 72.4 Å². The molecule has 498 valence electrons. The topological polar surface area (TPSA) is 420 Å². The van der Waals surface area contributed by atoms with E-state index in [0.717, 1.165) is 43.8 Å². The Labute approximate surface area is 560 Å². The summed E-state index contributed by atoms with van der Waals surface area (Å²) in [5.74, 6) is -0.523. The highest BCUT2D eigenvalue weighted by atomic mass is 79.9. The number of benzene rings is 3. The van der Waals surface area contributed by atoms with Crippen LogP contribution < -0.4 is 34.3 Å². The Morgan fingerprint density at radius 3 is 0.828 bits per heavy atom. The first-order chi connectivity index (χ1) is 43.8. The van der Waals surface area contributed by atoms with E-state index in [0.29, 0.717) is 38.9 Å². The van der Waals surface area contributed by atoms with Crippen molar-refractivity contribution in [2.45, 2.75) is 95.9 Å². The van der Waals surface area contributed by atoms with E-state index in [4.69, 9.17) is 31.5 Å². The third-order valence-corrected chi connectivity index (χ3v) is 20.8. The molecule has 0 saturated carbocycles. The minimum atomic E-state index is -3.28. The smallest absolute Gasteiger partial charge is 0.339 e. The molecular formula is C57H72Br3N21O9S3. The summed E-state index contributed by atoms with van der Waals surface area (Å²) in [6.07, 6.45) is 2.13. The quantitative estimate of drug-likeness (QED) is 0.0441. The molecule has 9 N–H and O–H groups in total. The minimum Gasteiger partial charge on any atom is -0.382 e. The largest absolute Gasteiger partial charge is 0.382 e. The monoisotopic (exact) mass is 1530 g/mol. The van der Waals surface area contributed by atoms with E-state index in [9.17, 15) is 41.4 Å². The third kappa shape index (κ3) is 15.6. The lowest BCUT2D eigenvalue weighted by atomic mass is 10.2. The summed E-state index contributed by atoms with van der Waals surface area (Å²) < 4.78 is 71.3. The Morgan fingerprint density at radius 2 is 0.634 bits per heavy atom. The lowest BCUT2D eigenvalue weighted by Gasteiger charge is -2.16. The summed E-state index contributed by atoms with van der Waals surface area (Å²) in [6, 6.07) is 20.3. The van der Waals surface area contributed by atoms with Crippen molar-refractivity contribution in [1.29, 1.82) is 14.3 Å². The molecule has 0 aliphatic carbocycles. The summed E-state index contributed by atoms with van der Waals surface area (Å²) in [5, 5.41) is -0.761. The van der Waals surface area contributed by atoms with Crippen molar-refractivity contribution < 1.29 is 27.0 Å². The van der Waals surface area contributed by atoms with Gasteiger partial charge in [-0.1, -0.05) is 126 Å². The van der Waals surface area contributed by atoms with Gasteiger partial charge in [0.15, 0.2) is 34.4 Å². The molecule has 6 heterocycles. The number of halogens is 3. The fourth-order valence-corrected chi connectivity index (χ4v) is 12.4. The van der Waals surface area contributed by atoms with E-state index < -0.39 is 64.3 Å². The van der Waals surface area contributed by atoms with Crippen LogP contribution in [0.3, 0.4) is 0 Å². The average Bonchev–Trinajstić information content (AvgIpc) is 1.62. The van der Waals surface area contributed by atoms with Crippen LogP contribution in [0.1, 0.15) is 77.5 Å². The number of anilines is 3. The molecule has 0 bridgehead atoms. The summed E-state index contributed by atoms with van der Waals surface area (Å²) in [4.78, 5) is 108. The van der Waals surface area contributed by atoms with Crippen molar-refractivity contribution in [3.63, 3.8) is 0 Å². The van der Waals surface area contributed by atoms with Gasteiger partial charge in [0.05, 0.1) is 19.6 Å². The molecule has 30 nitrogen and oxygen atoms in total. The number of aromatic nitrogens is 12. The summed E-state index contributed by atoms with van der Waals surface area (Å²) >= 11 is 10.1. The third-order valence-electron chi connectivity index (χ3n) is 14.4. The zero-order chi connectivity index (χ0) is 68.8. The number of carbonyl (C=O) groups excluding carboxylic acids is 3. The number of hydrogen-bond donors (Lipinski definition) is 6. The van der Waals surface area contributed by atoms with Gasteiger partial charge < -0.3 is 31.9 Å². The molecule has 9 aromatic rings. The molecule has 0 aliphatic heterocycles. The minimum absolute atomic E-state index is 0.00618. The van der Waals surface area contributed by atoms with Gasteiger partial charge in [0.25, 0.3) is 0 Å². The first-order valence-corrected chi connectivity index (χ1v) is 36.5. The van der Waals surface area contributed by atoms with Crippen molar-refractivity contribution in [2.75, 3.05) is 75.2 Å². The van der Waals surface area contributed by atoms with E-state index in [1.54, 1.807) is 41.9 Å². The number of fused-ring (bicyclic) bond motifs is 3. The Balaban J connectivity index is 0.000000198. The van der Waals surface area contributed by atoms with Gasteiger partial charge in [-0.2, -0.15) is 15.0 Å². The molecule has 1 unspecified atom stereocenters. The molecular weight excluding hydrogens is 1460 g/mol. The molecule has 6 aromatic heterocycles. The van der Waals surface area contributed by atoms with Gasteiger partial charge in [0, 0.05) is 71.5 Å². The van der Waals surface area contributed by atoms with Crippen molar-refractivity contribution >= 4 is 146 Å². The number of nitrogens with zero attached hydrogens (tertiary/aromatic N) is 15. The second-order valence-electron chi connectivity index (χ2n) is 21.2. The summed E-state index contributed by atoms with van der Waals surface area (Å²) in [5.41, 5.74) is 19.2. The Morgan fingerprint density at radius 1 is 0.419 bits per heavy atom. The zero-order valence-electron chi connectivity index (χ0n) is 52.4. The number of carbonyl (C=O) groups is 3. The Kier molecular flexibility index (Phi) is 23.2. The molecule has 0 spiro atoms. The van der Waals surface area contributed by atoms with Crippen LogP contribution in [0.25, 0.3) is 33.5 Å². The van der Waals surface area contributed by atoms with Gasteiger partial charge in [-0.15, -0.1) is 0 Å². The maximum absolute atomic E-state index is 13.3. The number of rotatable bonds is 18. The van der Waals surface area contributed by atoms with Crippen LogP contribution in [-0.4, -0.2) is 161 Å². The molecule has 0 fully saturated rings. The number of nitrogens with two attached hydrogens (primary N) is 3. The molecule has 9 rings (SSSR count). The van der Waals surface area contributed by atoms with Crippen LogP contribution in [0.2, 0.25) is 0 Å². The lowest BCUT2D eigenvalue weighted by Crippen LogP contribution is -2.38. The standard InChI is InChI=1S/3C19H24BrN7O3S/c3*1-4-10-25(3)18(28)27-14-15(21)23-17(31(22,30)5-2)24-16(14)26(19(27)29)11-12-6-8-13(20)9-7-12/h3*6-9,22H,4-5,10-11H2,1-3H3,(H2,21,23,24)/t2*31-;/m10./s1. The molecule has 0 saturated heterocycles. The van der Waals surface area contributed by atoms with E-state index in [-0.39, 0.29) is 103 Å². The second-order valence-corrected chi connectivity index (χ2v) is 30.8. The Bertz CT molecular complexity index is 4370. The molecule has 36 heteroatoms. The van der Waals surface area contributed by atoms with Crippen molar-refractivity contribution in [3.8, 4) is 0 Å². The van der Waals surface area contributed by atoms with Gasteiger partial charge in [-0.3, -0.25) is 13.7 Å². The SMILES string of the molecule is CCCN(C)C(=O)n1c(=O)n(Cc2ccc(Br)cc2)c2nc(S(=N)(=O)CC)nc(N)c21.CCCN(C)C(=O)n1c(=O)n(Cc2ccc(Br)cc2)c2nc([S@@](=N)(=O)CC)nc(N)c21.CCCN(C)C(=O)n1c(=O)n(Cc2ccc(Br)cc2)c2nc([S@](=N)(=O)CC)nc(N)c21. The van der Waals surface area contributed by atoms with Crippen molar-refractivity contribution in [2.24, 2.45) is 0 Å². The van der Waals surface area contributed by atoms with E-state index in [1.807, 2.05) is 93.6 Å². The molecule has 0 radical (unpaired) electrons. The highest BCUT2D eigenvalue weighted by Crippen LogP contribution is 2.26. The van der Waals surface area contributed by atoms with Crippen LogP contribution >= 0.6 is 47.8 Å². The Hall–Kier alpha value is -8.19. The van der Waals surface area contributed by atoms with E-state index in [1.165, 1.54) is 28.4 Å². The average molecular weight is 1530 g/mol. The predicted molar refractivity (Wildman–Crippen MR) is 368 cm³/mol. The molecule has 3 atom stereocenters. The fraction of sp³-hybridized carbons (Fsp3) is 0.368. The number of nitrogen functional groups attached to an aromatic ring is 3. The van der Waals surface area contributed by atoms with Gasteiger partial charge >= 0.3 is 35.2 Å². The van der Waals surface area contributed by atoms with Crippen molar-refractivity contribution in [3.05, 3.63) is 134 Å². The van der Waals surface area contributed by atoms with Crippen LogP contribution in [0, 0.1) is 14.3 Å². The van der Waals surface area contributed by atoms with Crippen LogP contribution in [0.5, 0.6) is 0 Å². The van der Waals surface area contributed by atoms with Gasteiger partial charge in [-0.25, -0.2) is 84.4 Å². The number of nitrogens with one attached hydrogen (secondary N) is 3. The summed E-state index contributed by atoms with van der Waals surface area (Å²) in [7, 11) is -5.08. The first-order valence-electron chi connectivity index (χ1n) is 29.0. The fourth-order valence-electron chi connectivity index (χ4n) is 9.36. The second kappa shape index (κ2) is 29.8. The zero-order valence-corrected chi connectivity index (χ0v) is 59.6. The first kappa shape index (κ1) is 72.2. The van der Waals surface area contributed by atoms with E-state index in [2.05, 4.69) is 77.7 Å².